The summed E-state index contributed by atoms with van der Waals surface area (Å²) in [4.78, 5) is 12.8. The topological polar surface area (TPSA) is 58.9 Å². The molecule has 1 saturated heterocycles. The molecule has 27 heavy (non-hydrogen) atoms. The van der Waals surface area contributed by atoms with Crippen molar-refractivity contribution in [2.24, 2.45) is 0 Å². The third-order valence-electron chi connectivity index (χ3n) is 5.37. The lowest BCUT2D eigenvalue weighted by atomic mass is 9.99. The number of carbonyl (C=O) groups is 1. The van der Waals surface area contributed by atoms with Gasteiger partial charge in [-0.2, -0.15) is 5.10 Å². The van der Waals surface area contributed by atoms with Crippen LogP contribution in [0, 0.1) is 11.6 Å². The average molecular weight is 397 g/mol. The summed E-state index contributed by atoms with van der Waals surface area (Å²) in [6.45, 7) is 3.03. The number of nitrogens with one attached hydrogen (secondary N) is 2. The second-order valence-electron chi connectivity index (χ2n) is 7.10. The van der Waals surface area contributed by atoms with Crippen LogP contribution in [0.5, 0.6) is 0 Å². The summed E-state index contributed by atoms with van der Waals surface area (Å²) in [5, 5.41) is 10.9. The Morgan fingerprint density at radius 2 is 2.07 bits per heavy atom. The van der Waals surface area contributed by atoms with Crippen molar-refractivity contribution in [2.75, 3.05) is 6.54 Å². The summed E-state index contributed by atoms with van der Waals surface area (Å²) in [5.41, 5.74) is 2.67. The smallest absolute Gasteiger partial charge is 0.272 e. The van der Waals surface area contributed by atoms with Gasteiger partial charge in [-0.05, 0) is 57.7 Å². The number of piperidine rings is 1. The van der Waals surface area contributed by atoms with Crippen molar-refractivity contribution in [3.63, 3.8) is 0 Å². The van der Waals surface area contributed by atoms with E-state index in [1.807, 2.05) is 0 Å². The van der Waals surface area contributed by atoms with Crippen LogP contribution in [-0.2, 0) is 12.8 Å². The van der Waals surface area contributed by atoms with Crippen molar-refractivity contribution >= 4 is 18.3 Å². The van der Waals surface area contributed by atoms with Gasteiger partial charge in [-0.25, -0.2) is 13.5 Å². The van der Waals surface area contributed by atoms with Gasteiger partial charge in [0.2, 0.25) is 0 Å². The molecule has 0 bridgehead atoms. The minimum atomic E-state index is -0.919. The Bertz CT molecular complexity index is 854. The van der Waals surface area contributed by atoms with Crippen molar-refractivity contribution in [3.05, 3.63) is 46.8 Å². The fourth-order valence-electron chi connectivity index (χ4n) is 3.93. The fraction of sp³-hybridized carbons (Fsp3) is 0.474. The summed E-state index contributed by atoms with van der Waals surface area (Å²) in [6, 6.07) is 3.98. The van der Waals surface area contributed by atoms with E-state index in [1.165, 1.54) is 6.07 Å². The van der Waals surface area contributed by atoms with E-state index < -0.39 is 11.6 Å². The molecule has 1 aromatic carbocycles. The first kappa shape index (κ1) is 19.8. The molecule has 8 heteroatoms. The van der Waals surface area contributed by atoms with E-state index in [1.54, 1.807) is 4.68 Å². The standard InChI is InChI=1S/C19H22F2N4O.ClH/c1-11-16(5-3-9-22-11)23-19(26)18-13-4-2-6-17(13)25(24-18)12-7-8-14(20)15(21)10-12;/h7-8,10-11,16,22H,2-6,9H2,1H3,(H,23,26);1H. The summed E-state index contributed by atoms with van der Waals surface area (Å²) in [7, 11) is 0. The molecule has 2 aromatic rings. The first-order valence-corrected chi connectivity index (χ1v) is 9.15. The van der Waals surface area contributed by atoms with Crippen molar-refractivity contribution in [3.8, 4) is 5.69 Å². The molecule has 4 rings (SSSR count). The Kier molecular flexibility index (Phi) is 5.81. The van der Waals surface area contributed by atoms with E-state index in [2.05, 4.69) is 22.7 Å². The van der Waals surface area contributed by atoms with Crippen LogP contribution in [0.25, 0.3) is 5.69 Å². The largest absolute Gasteiger partial charge is 0.346 e. The van der Waals surface area contributed by atoms with Crippen LogP contribution < -0.4 is 10.6 Å². The van der Waals surface area contributed by atoms with Gasteiger partial charge in [-0.1, -0.05) is 0 Å². The number of amides is 1. The quantitative estimate of drug-likeness (QED) is 0.838. The van der Waals surface area contributed by atoms with E-state index in [4.69, 9.17) is 0 Å². The highest BCUT2D eigenvalue weighted by Gasteiger charge is 2.30. The third kappa shape index (κ3) is 3.71. The van der Waals surface area contributed by atoms with Crippen molar-refractivity contribution in [2.45, 2.75) is 51.1 Å². The van der Waals surface area contributed by atoms with E-state index >= 15 is 0 Å². The van der Waals surface area contributed by atoms with Crippen molar-refractivity contribution in [1.82, 2.24) is 20.4 Å². The average Bonchev–Trinajstić information content (AvgIpc) is 3.22. The molecular weight excluding hydrogens is 374 g/mol. The molecule has 2 N–H and O–H groups in total. The third-order valence-corrected chi connectivity index (χ3v) is 5.37. The molecule has 1 amide bonds. The maximum absolute atomic E-state index is 13.6. The molecule has 1 aliphatic heterocycles. The number of hydrogen-bond acceptors (Lipinski definition) is 3. The first-order chi connectivity index (χ1) is 12.5. The molecule has 1 aliphatic carbocycles. The predicted molar refractivity (Wildman–Crippen MR) is 101 cm³/mol. The maximum atomic E-state index is 13.6. The molecule has 2 unspecified atom stereocenters. The molecule has 0 saturated carbocycles. The highest BCUT2D eigenvalue weighted by atomic mass is 35.5. The van der Waals surface area contributed by atoms with E-state index in [-0.39, 0.29) is 30.4 Å². The predicted octanol–water partition coefficient (Wildman–Crippen LogP) is 2.93. The monoisotopic (exact) mass is 396 g/mol. The Balaban J connectivity index is 0.00000210. The van der Waals surface area contributed by atoms with Gasteiger partial charge in [0.05, 0.1) is 5.69 Å². The van der Waals surface area contributed by atoms with Crippen LogP contribution in [0.15, 0.2) is 18.2 Å². The number of benzene rings is 1. The first-order valence-electron chi connectivity index (χ1n) is 9.15. The molecule has 1 aromatic heterocycles. The highest BCUT2D eigenvalue weighted by molar-refractivity contribution is 5.94. The second kappa shape index (κ2) is 7.94. The van der Waals surface area contributed by atoms with Gasteiger partial charge < -0.3 is 10.6 Å². The Hall–Kier alpha value is -1.99. The van der Waals surface area contributed by atoms with Gasteiger partial charge in [0.25, 0.3) is 5.91 Å². The molecule has 0 spiro atoms. The zero-order valence-corrected chi connectivity index (χ0v) is 15.9. The van der Waals surface area contributed by atoms with Gasteiger partial charge in [0, 0.05) is 29.4 Å². The molecule has 2 atom stereocenters. The van der Waals surface area contributed by atoms with Crippen LogP contribution in [0.1, 0.15) is 47.9 Å². The van der Waals surface area contributed by atoms with E-state index in [0.717, 1.165) is 62.0 Å². The molecule has 1 fully saturated rings. The zero-order valence-electron chi connectivity index (χ0n) is 15.1. The van der Waals surface area contributed by atoms with Crippen LogP contribution >= 0.6 is 12.4 Å². The molecule has 0 radical (unpaired) electrons. The number of rotatable bonds is 3. The van der Waals surface area contributed by atoms with Crippen LogP contribution in [0.4, 0.5) is 8.78 Å². The summed E-state index contributed by atoms with van der Waals surface area (Å²) in [6.07, 6.45) is 4.44. The summed E-state index contributed by atoms with van der Waals surface area (Å²) in [5.74, 6) is -2.00. The van der Waals surface area contributed by atoms with Gasteiger partial charge in [-0.3, -0.25) is 4.79 Å². The van der Waals surface area contributed by atoms with Gasteiger partial charge in [-0.15, -0.1) is 12.4 Å². The lowest BCUT2D eigenvalue weighted by Crippen LogP contribution is -2.52. The molecule has 5 nitrogen and oxygen atoms in total. The van der Waals surface area contributed by atoms with E-state index in [0.29, 0.717) is 11.4 Å². The number of nitrogens with zero attached hydrogens (tertiary/aromatic N) is 2. The molecular formula is C19H23ClF2N4O. The number of aromatic nitrogens is 2. The normalized spacial score (nSPS) is 21.4. The molecule has 2 aliphatic rings. The number of halogens is 3. The number of fused-ring (bicyclic) bond motifs is 1. The molecule has 2 heterocycles. The number of hydrogen-bond donors (Lipinski definition) is 2. The number of carbonyl (C=O) groups excluding carboxylic acids is 1. The van der Waals surface area contributed by atoms with Gasteiger partial charge >= 0.3 is 0 Å². The van der Waals surface area contributed by atoms with Crippen LogP contribution in [-0.4, -0.2) is 34.3 Å². The maximum Gasteiger partial charge on any atom is 0.272 e. The summed E-state index contributed by atoms with van der Waals surface area (Å²) >= 11 is 0. The lowest BCUT2D eigenvalue weighted by Gasteiger charge is -2.30. The van der Waals surface area contributed by atoms with Gasteiger partial charge in [0.1, 0.15) is 0 Å². The van der Waals surface area contributed by atoms with Gasteiger partial charge in [0.15, 0.2) is 17.3 Å². The Labute approximate surface area is 162 Å². The minimum absolute atomic E-state index is 0. The fourth-order valence-corrected chi connectivity index (χ4v) is 3.93. The highest BCUT2D eigenvalue weighted by Crippen LogP contribution is 2.28. The SMILES string of the molecule is CC1NCCCC1NC(=O)c1nn(-c2ccc(F)c(F)c2)c2c1CCC2.Cl. The summed E-state index contributed by atoms with van der Waals surface area (Å²) < 4.78 is 28.5. The minimum Gasteiger partial charge on any atom is -0.346 e. The van der Waals surface area contributed by atoms with Crippen molar-refractivity contribution in [1.29, 1.82) is 0 Å². The van der Waals surface area contributed by atoms with Crippen LogP contribution in [0.2, 0.25) is 0 Å². The zero-order chi connectivity index (χ0) is 18.3. The Morgan fingerprint density at radius 3 is 2.81 bits per heavy atom. The van der Waals surface area contributed by atoms with Crippen molar-refractivity contribution < 1.29 is 13.6 Å². The Morgan fingerprint density at radius 1 is 1.26 bits per heavy atom. The van der Waals surface area contributed by atoms with Crippen LogP contribution in [0.3, 0.4) is 0 Å². The second-order valence-corrected chi connectivity index (χ2v) is 7.10. The van der Waals surface area contributed by atoms with E-state index in [9.17, 15) is 13.6 Å². The lowest BCUT2D eigenvalue weighted by molar-refractivity contribution is 0.0913. The molecule has 146 valence electrons.